The van der Waals surface area contributed by atoms with Crippen LogP contribution >= 0.6 is 0 Å². The number of rotatable bonds is 3. The smallest absolute Gasteiger partial charge is 0.359 e. The lowest BCUT2D eigenvalue weighted by molar-refractivity contribution is -0.135. The van der Waals surface area contributed by atoms with Crippen LogP contribution in [0, 0.1) is 0 Å². The van der Waals surface area contributed by atoms with Crippen LogP contribution in [0.2, 0.25) is 0 Å². The lowest BCUT2D eigenvalue weighted by Crippen LogP contribution is -2.38. The van der Waals surface area contributed by atoms with E-state index in [4.69, 9.17) is 4.74 Å². The summed E-state index contributed by atoms with van der Waals surface area (Å²) in [7, 11) is 0. The predicted octanol–water partition coefficient (Wildman–Crippen LogP) is 1.46. The number of hydrogen-bond acceptors (Lipinski definition) is 4. The molecule has 0 bridgehead atoms. The van der Waals surface area contributed by atoms with E-state index in [9.17, 15) is 9.59 Å². The van der Waals surface area contributed by atoms with Crippen molar-refractivity contribution in [1.29, 1.82) is 0 Å². The van der Waals surface area contributed by atoms with Gasteiger partial charge in [0.25, 0.3) is 5.91 Å². The van der Waals surface area contributed by atoms with Crippen LogP contribution in [0.1, 0.15) is 53.8 Å². The summed E-state index contributed by atoms with van der Waals surface area (Å²) in [6.45, 7) is 1.36. The highest BCUT2D eigenvalue weighted by molar-refractivity contribution is 5.91. The van der Waals surface area contributed by atoms with Gasteiger partial charge in [-0.2, -0.15) is 5.10 Å². The Morgan fingerprint density at radius 1 is 1.10 bits per heavy atom. The molecule has 1 aliphatic carbocycles. The normalized spacial score (nSPS) is 18.2. The van der Waals surface area contributed by atoms with E-state index in [0.717, 1.165) is 62.9 Å². The van der Waals surface area contributed by atoms with Crippen LogP contribution in [0.15, 0.2) is 0 Å². The molecule has 1 aromatic rings. The molecule has 0 unspecified atom stereocenters. The average molecular weight is 291 g/mol. The number of H-pyrrole nitrogens is 1. The van der Waals surface area contributed by atoms with Crippen molar-refractivity contribution in [2.75, 3.05) is 19.7 Å². The number of aryl methyl sites for hydroxylation is 1. The number of aromatic nitrogens is 2. The molecule has 6 nitrogen and oxygen atoms in total. The van der Waals surface area contributed by atoms with E-state index >= 15 is 0 Å². The Balaban J connectivity index is 1.56. The Hall–Kier alpha value is -1.85. The molecule has 0 aromatic carbocycles. The Bertz CT molecular complexity index is 532. The van der Waals surface area contributed by atoms with Gasteiger partial charge in [-0.3, -0.25) is 9.89 Å². The molecule has 1 amide bonds. The molecule has 2 aliphatic rings. The number of esters is 1. The fourth-order valence-corrected chi connectivity index (χ4v) is 3.08. The first-order valence-corrected chi connectivity index (χ1v) is 7.76. The Labute approximate surface area is 123 Å². The van der Waals surface area contributed by atoms with E-state index < -0.39 is 5.97 Å². The third-order valence-corrected chi connectivity index (χ3v) is 4.29. The number of likely N-dealkylation sites (tertiary alicyclic amines) is 1. The van der Waals surface area contributed by atoms with Gasteiger partial charge in [-0.15, -0.1) is 0 Å². The maximum Gasteiger partial charge on any atom is 0.359 e. The number of amides is 1. The van der Waals surface area contributed by atoms with Gasteiger partial charge in [0.1, 0.15) is 0 Å². The molecule has 1 aromatic heterocycles. The average Bonchev–Trinajstić information content (AvgIpc) is 2.97. The molecule has 21 heavy (non-hydrogen) atoms. The zero-order chi connectivity index (χ0) is 14.7. The minimum absolute atomic E-state index is 0.104. The molecule has 2 heterocycles. The Kier molecular flexibility index (Phi) is 4.22. The van der Waals surface area contributed by atoms with Crippen LogP contribution in [-0.4, -0.2) is 46.7 Å². The zero-order valence-electron chi connectivity index (χ0n) is 12.2. The fraction of sp³-hybridized carbons (Fsp3) is 0.667. The van der Waals surface area contributed by atoms with Crippen LogP contribution in [0.5, 0.6) is 0 Å². The van der Waals surface area contributed by atoms with Gasteiger partial charge in [0.2, 0.25) is 0 Å². The predicted molar refractivity (Wildman–Crippen MR) is 75.9 cm³/mol. The van der Waals surface area contributed by atoms with Gasteiger partial charge in [0, 0.05) is 24.3 Å². The number of piperidine rings is 1. The Morgan fingerprint density at radius 3 is 2.67 bits per heavy atom. The molecule has 0 saturated carbocycles. The quantitative estimate of drug-likeness (QED) is 0.855. The Morgan fingerprint density at radius 2 is 1.86 bits per heavy atom. The van der Waals surface area contributed by atoms with E-state index in [1.165, 1.54) is 6.42 Å². The van der Waals surface area contributed by atoms with Crippen molar-refractivity contribution >= 4 is 11.9 Å². The van der Waals surface area contributed by atoms with E-state index in [1.54, 1.807) is 4.90 Å². The van der Waals surface area contributed by atoms with Crippen molar-refractivity contribution in [2.24, 2.45) is 0 Å². The van der Waals surface area contributed by atoms with Gasteiger partial charge in [-0.25, -0.2) is 4.79 Å². The second-order valence-electron chi connectivity index (χ2n) is 5.75. The van der Waals surface area contributed by atoms with Gasteiger partial charge >= 0.3 is 5.97 Å². The number of aromatic amines is 1. The summed E-state index contributed by atoms with van der Waals surface area (Å²) in [6.07, 6.45) is 7.22. The molecule has 0 spiro atoms. The molecule has 1 saturated heterocycles. The first-order chi connectivity index (χ1) is 10.3. The SMILES string of the molecule is O=C(OCC(=O)N1CCCCC1)c1n[nH]c2c1CCCC2. The molecular formula is C15H21N3O3. The highest BCUT2D eigenvalue weighted by Crippen LogP contribution is 2.22. The summed E-state index contributed by atoms with van der Waals surface area (Å²) in [4.78, 5) is 25.8. The molecule has 0 radical (unpaired) electrons. The van der Waals surface area contributed by atoms with Crippen molar-refractivity contribution in [2.45, 2.75) is 44.9 Å². The molecule has 1 N–H and O–H groups in total. The lowest BCUT2D eigenvalue weighted by Gasteiger charge is -2.26. The fourth-order valence-electron chi connectivity index (χ4n) is 3.08. The summed E-state index contributed by atoms with van der Waals surface area (Å²) < 4.78 is 5.15. The molecule has 6 heteroatoms. The molecule has 0 atom stereocenters. The van der Waals surface area contributed by atoms with Crippen LogP contribution in [-0.2, 0) is 22.4 Å². The van der Waals surface area contributed by atoms with Gasteiger partial charge in [-0.05, 0) is 44.9 Å². The number of fused-ring (bicyclic) bond motifs is 1. The van der Waals surface area contributed by atoms with Crippen molar-refractivity contribution in [3.8, 4) is 0 Å². The topological polar surface area (TPSA) is 75.3 Å². The largest absolute Gasteiger partial charge is 0.451 e. The van der Waals surface area contributed by atoms with Gasteiger partial charge in [0.05, 0.1) is 0 Å². The van der Waals surface area contributed by atoms with Crippen LogP contribution in [0.25, 0.3) is 0 Å². The lowest BCUT2D eigenvalue weighted by atomic mass is 9.96. The first kappa shape index (κ1) is 14.1. The van der Waals surface area contributed by atoms with Gasteiger partial charge in [0.15, 0.2) is 12.3 Å². The van der Waals surface area contributed by atoms with Crippen molar-refractivity contribution in [1.82, 2.24) is 15.1 Å². The van der Waals surface area contributed by atoms with E-state index in [1.807, 2.05) is 0 Å². The van der Waals surface area contributed by atoms with Crippen LogP contribution < -0.4 is 0 Å². The third kappa shape index (κ3) is 3.09. The first-order valence-electron chi connectivity index (χ1n) is 7.76. The van der Waals surface area contributed by atoms with E-state index in [0.29, 0.717) is 5.69 Å². The molecular weight excluding hydrogens is 270 g/mol. The van der Waals surface area contributed by atoms with Crippen molar-refractivity contribution < 1.29 is 14.3 Å². The molecule has 114 valence electrons. The minimum Gasteiger partial charge on any atom is -0.451 e. The van der Waals surface area contributed by atoms with Gasteiger partial charge in [-0.1, -0.05) is 0 Å². The summed E-state index contributed by atoms with van der Waals surface area (Å²) in [5, 5.41) is 6.98. The number of nitrogens with zero attached hydrogens (tertiary/aromatic N) is 2. The molecule has 3 rings (SSSR count). The summed E-state index contributed by atoms with van der Waals surface area (Å²) in [5.41, 5.74) is 2.36. The second kappa shape index (κ2) is 6.28. The monoisotopic (exact) mass is 291 g/mol. The zero-order valence-corrected chi connectivity index (χ0v) is 12.2. The minimum atomic E-state index is -0.486. The van der Waals surface area contributed by atoms with E-state index in [2.05, 4.69) is 10.2 Å². The maximum absolute atomic E-state index is 12.1. The number of nitrogens with one attached hydrogen (secondary N) is 1. The van der Waals surface area contributed by atoms with Crippen molar-refractivity contribution in [3.63, 3.8) is 0 Å². The number of carbonyl (C=O) groups excluding carboxylic acids is 2. The molecule has 1 aliphatic heterocycles. The van der Waals surface area contributed by atoms with Crippen LogP contribution in [0.4, 0.5) is 0 Å². The highest BCUT2D eigenvalue weighted by atomic mass is 16.5. The molecule has 1 fully saturated rings. The van der Waals surface area contributed by atoms with Crippen molar-refractivity contribution in [3.05, 3.63) is 17.0 Å². The highest BCUT2D eigenvalue weighted by Gasteiger charge is 2.24. The summed E-state index contributed by atoms with van der Waals surface area (Å²) >= 11 is 0. The van der Waals surface area contributed by atoms with E-state index in [-0.39, 0.29) is 12.5 Å². The van der Waals surface area contributed by atoms with Crippen LogP contribution in [0.3, 0.4) is 0 Å². The summed E-state index contributed by atoms with van der Waals surface area (Å²) in [5.74, 6) is -0.591. The summed E-state index contributed by atoms with van der Waals surface area (Å²) in [6, 6.07) is 0. The standard InChI is InChI=1S/C15H21N3O3/c19-13(18-8-4-1-5-9-18)10-21-15(20)14-11-6-2-3-7-12(11)16-17-14/h1-10H2,(H,16,17). The third-order valence-electron chi connectivity index (χ3n) is 4.29. The van der Waals surface area contributed by atoms with Gasteiger partial charge < -0.3 is 9.64 Å². The number of ether oxygens (including phenoxy) is 1. The number of carbonyl (C=O) groups is 2. The number of hydrogen-bond donors (Lipinski definition) is 1. The maximum atomic E-state index is 12.1. The second-order valence-corrected chi connectivity index (χ2v) is 5.75.